The fourth-order valence-electron chi connectivity index (χ4n) is 1.35. The first-order valence-corrected chi connectivity index (χ1v) is 7.65. The highest BCUT2D eigenvalue weighted by molar-refractivity contribution is 14.1. The van der Waals surface area contributed by atoms with Gasteiger partial charge in [-0.05, 0) is 77.5 Å². The minimum absolute atomic E-state index is 0.0219. The summed E-state index contributed by atoms with van der Waals surface area (Å²) >= 11 is 5.67. The van der Waals surface area contributed by atoms with Gasteiger partial charge >= 0.3 is 0 Å². The van der Waals surface area contributed by atoms with E-state index in [0.717, 1.165) is 13.7 Å². The third-order valence-electron chi connectivity index (χ3n) is 2.21. The molecule has 18 heavy (non-hydrogen) atoms. The number of benzene rings is 1. The molecule has 0 heterocycles. The maximum absolute atomic E-state index is 11.8. The number of carbonyl (C=O) groups is 1. The maximum Gasteiger partial charge on any atom is 0.225 e. The molecule has 0 aromatic heterocycles. The van der Waals surface area contributed by atoms with Crippen molar-refractivity contribution in [1.82, 2.24) is 5.32 Å². The molecule has 0 radical (unpaired) electrons. The Hall–Kier alpha value is -0.140. The van der Waals surface area contributed by atoms with Crippen LogP contribution >= 0.6 is 38.5 Å². The summed E-state index contributed by atoms with van der Waals surface area (Å²) in [5, 5.41) is 6.18. The highest BCUT2D eigenvalue weighted by atomic mass is 127. The molecule has 0 saturated carbocycles. The normalized spacial score (nSPS) is 11.4. The Morgan fingerprint density at radius 1 is 1.39 bits per heavy atom. The van der Waals surface area contributed by atoms with Crippen LogP contribution in [0.25, 0.3) is 0 Å². The smallest absolute Gasteiger partial charge is 0.225 e. The molecule has 0 bridgehead atoms. The van der Waals surface area contributed by atoms with Crippen molar-refractivity contribution in [3.63, 3.8) is 0 Å². The van der Waals surface area contributed by atoms with Gasteiger partial charge < -0.3 is 10.6 Å². The summed E-state index contributed by atoms with van der Waals surface area (Å²) in [5.41, 5.74) is 0.861. The van der Waals surface area contributed by atoms with E-state index in [2.05, 4.69) is 69.9 Å². The van der Waals surface area contributed by atoms with E-state index in [0.29, 0.717) is 13.0 Å². The molecule has 3 nitrogen and oxygen atoms in total. The quantitative estimate of drug-likeness (QED) is 0.722. The van der Waals surface area contributed by atoms with Crippen LogP contribution in [0.5, 0.6) is 0 Å². The summed E-state index contributed by atoms with van der Waals surface area (Å²) in [7, 11) is 0. The molecule has 1 amide bonds. The highest BCUT2D eigenvalue weighted by Crippen LogP contribution is 2.24. The Morgan fingerprint density at radius 3 is 2.61 bits per heavy atom. The largest absolute Gasteiger partial charge is 0.325 e. The Kier molecular flexibility index (Phi) is 6.07. The second kappa shape index (κ2) is 6.86. The summed E-state index contributed by atoms with van der Waals surface area (Å²) in [5.74, 6) is 0.0219. The predicted molar refractivity (Wildman–Crippen MR) is 87.9 cm³/mol. The maximum atomic E-state index is 11.8. The molecule has 0 unspecified atom stereocenters. The zero-order valence-electron chi connectivity index (χ0n) is 10.8. The molecule has 2 N–H and O–H groups in total. The van der Waals surface area contributed by atoms with E-state index in [9.17, 15) is 4.79 Å². The molecule has 0 fully saturated rings. The van der Waals surface area contributed by atoms with Gasteiger partial charge in [-0.2, -0.15) is 0 Å². The minimum atomic E-state index is 0.0219. The average Bonchev–Trinajstić information content (AvgIpc) is 2.20. The fraction of sp³-hybridized carbons (Fsp3) is 0.462. The number of carbonyl (C=O) groups excluding carboxylic acids is 1. The van der Waals surface area contributed by atoms with Gasteiger partial charge in [0.25, 0.3) is 0 Å². The van der Waals surface area contributed by atoms with Crippen molar-refractivity contribution >= 4 is 50.1 Å². The number of halogens is 2. The lowest BCUT2D eigenvalue weighted by molar-refractivity contribution is -0.116. The van der Waals surface area contributed by atoms with Gasteiger partial charge in [-0.1, -0.05) is 0 Å². The van der Waals surface area contributed by atoms with Gasteiger partial charge in [-0.25, -0.2) is 0 Å². The van der Waals surface area contributed by atoms with Gasteiger partial charge in [0.1, 0.15) is 0 Å². The van der Waals surface area contributed by atoms with Crippen LogP contribution in [0.3, 0.4) is 0 Å². The van der Waals surface area contributed by atoms with Crippen LogP contribution in [0, 0.1) is 3.57 Å². The zero-order valence-corrected chi connectivity index (χ0v) is 14.6. The molecule has 5 heteroatoms. The van der Waals surface area contributed by atoms with E-state index in [-0.39, 0.29) is 11.4 Å². The lowest BCUT2D eigenvalue weighted by atomic mass is 10.1. The molecule has 0 aliphatic rings. The molecule has 1 aromatic rings. The van der Waals surface area contributed by atoms with Crippen molar-refractivity contribution in [3.05, 3.63) is 26.2 Å². The predicted octanol–water partition coefficient (Wildman–Crippen LogP) is 3.77. The summed E-state index contributed by atoms with van der Waals surface area (Å²) < 4.78 is 2.04. The summed E-state index contributed by atoms with van der Waals surface area (Å²) in [4.78, 5) is 11.8. The summed E-state index contributed by atoms with van der Waals surface area (Å²) in [6.07, 6.45) is 0.468. The Balaban J connectivity index is 2.45. The molecule has 0 aliphatic carbocycles. The van der Waals surface area contributed by atoms with Crippen LogP contribution in [-0.4, -0.2) is 18.0 Å². The number of amides is 1. The highest BCUT2D eigenvalue weighted by Gasteiger charge is 2.10. The Bertz CT molecular complexity index is 429. The van der Waals surface area contributed by atoms with Crippen LogP contribution in [0.4, 0.5) is 5.69 Å². The summed E-state index contributed by atoms with van der Waals surface area (Å²) in [6, 6.07) is 5.85. The molecule has 1 aromatic carbocycles. The van der Waals surface area contributed by atoms with Crippen LogP contribution in [0.1, 0.15) is 27.2 Å². The Morgan fingerprint density at radius 2 is 2.06 bits per heavy atom. The average molecular weight is 425 g/mol. The van der Waals surface area contributed by atoms with Crippen LogP contribution in [0.2, 0.25) is 0 Å². The van der Waals surface area contributed by atoms with Crippen molar-refractivity contribution in [2.45, 2.75) is 32.7 Å². The van der Waals surface area contributed by atoms with Crippen LogP contribution < -0.4 is 10.6 Å². The molecule has 0 atom stereocenters. The SMILES string of the molecule is CC(C)(C)NCCC(=O)Nc1ccc(I)cc1Br. The third kappa shape index (κ3) is 6.15. The van der Waals surface area contributed by atoms with Gasteiger partial charge in [0.05, 0.1) is 5.69 Å². The molecule has 1 rings (SSSR count). The van der Waals surface area contributed by atoms with Gasteiger partial charge in [0, 0.05) is 26.5 Å². The lowest BCUT2D eigenvalue weighted by Crippen LogP contribution is -2.37. The molecule has 100 valence electrons. The van der Waals surface area contributed by atoms with Crippen molar-refractivity contribution in [1.29, 1.82) is 0 Å². The molecular formula is C13H18BrIN2O. The number of hydrogen-bond donors (Lipinski definition) is 2. The Labute approximate surface area is 130 Å². The summed E-state index contributed by atoms with van der Waals surface area (Å²) in [6.45, 7) is 6.93. The number of nitrogens with one attached hydrogen (secondary N) is 2. The fourth-order valence-corrected chi connectivity index (χ4v) is 2.75. The van der Waals surface area contributed by atoms with E-state index in [1.807, 2.05) is 18.2 Å². The molecule has 0 spiro atoms. The van der Waals surface area contributed by atoms with E-state index in [1.165, 1.54) is 0 Å². The number of rotatable bonds is 4. The second-order valence-corrected chi connectivity index (χ2v) is 7.20. The number of hydrogen-bond acceptors (Lipinski definition) is 2. The monoisotopic (exact) mass is 424 g/mol. The van der Waals surface area contributed by atoms with Crippen molar-refractivity contribution < 1.29 is 4.79 Å². The van der Waals surface area contributed by atoms with Gasteiger partial charge in [0.2, 0.25) is 5.91 Å². The number of anilines is 1. The van der Waals surface area contributed by atoms with E-state index in [1.54, 1.807) is 0 Å². The molecule has 0 aliphatic heterocycles. The first-order chi connectivity index (χ1) is 8.28. The second-order valence-electron chi connectivity index (χ2n) is 5.10. The lowest BCUT2D eigenvalue weighted by Gasteiger charge is -2.20. The van der Waals surface area contributed by atoms with Gasteiger partial charge in [-0.15, -0.1) is 0 Å². The minimum Gasteiger partial charge on any atom is -0.325 e. The molecule has 0 saturated heterocycles. The van der Waals surface area contributed by atoms with E-state index < -0.39 is 0 Å². The molecular weight excluding hydrogens is 407 g/mol. The van der Waals surface area contributed by atoms with Crippen molar-refractivity contribution in [3.8, 4) is 0 Å². The standard InChI is InChI=1S/C13H18BrIN2O/c1-13(2,3)16-7-6-12(18)17-11-5-4-9(15)8-10(11)14/h4-5,8,16H,6-7H2,1-3H3,(H,17,18). The van der Waals surface area contributed by atoms with Crippen LogP contribution in [0.15, 0.2) is 22.7 Å². The van der Waals surface area contributed by atoms with Gasteiger partial charge in [0.15, 0.2) is 0 Å². The van der Waals surface area contributed by atoms with Crippen LogP contribution in [-0.2, 0) is 4.79 Å². The van der Waals surface area contributed by atoms with E-state index >= 15 is 0 Å². The first-order valence-electron chi connectivity index (χ1n) is 5.78. The van der Waals surface area contributed by atoms with Crippen molar-refractivity contribution in [2.75, 3.05) is 11.9 Å². The van der Waals surface area contributed by atoms with Gasteiger partial charge in [-0.3, -0.25) is 4.79 Å². The first kappa shape index (κ1) is 15.9. The third-order valence-corrected chi connectivity index (χ3v) is 3.54. The zero-order chi connectivity index (χ0) is 13.8. The topological polar surface area (TPSA) is 41.1 Å². The van der Waals surface area contributed by atoms with Crippen molar-refractivity contribution in [2.24, 2.45) is 0 Å². The van der Waals surface area contributed by atoms with E-state index in [4.69, 9.17) is 0 Å².